The predicted molar refractivity (Wildman–Crippen MR) is 83.6 cm³/mol. The Morgan fingerprint density at radius 3 is 2.65 bits per heavy atom. The number of amides is 2. The molecule has 1 N–H and O–H groups in total. The fourth-order valence-corrected chi connectivity index (χ4v) is 3.96. The number of nitrogens with zero attached hydrogens (tertiary/aromatic N) is 5. The van der Waals surface area contributed by atoms with Gasteiger partial charge in [0.25, 0.3) is 5.91 Å². The van der Waals surface area contributed by atoms with Gasteiger partial charge < -0.3 is 10.2 Å². The van der Waals surface area contributed by atoms with Gasteiger partial charge in [-0.15, -0.1) is 5.10 Å². The van der Waals surface area contributed by atoms with Gasteiger partial charge in [-0.2, -0.15) is 0 Å². The molecule has 0 aliphatic carbocycles. The molecule has 8 nitrogen and oxygen atoms in total. The molecule has 0 saturated carbocycles. The third kappa shape index (κ3) is 2.71. The van der Waals surface area contributed by atoms with Crippen LogP contribution < -0.4 is 5.32 Å². The van der Waals surface area contributed by atoms with E-state index < -0.39 is 0 Å². The van der Waals surface area contributed by atoms with Gasteiger partial charge in [0.2, 0.25) is 11.7 Å². The highest BCUT2D eigenvalue weighted by Gasteiger charge is 2.50. The smallest absolute Gasteiger partial charge is 0.293 e. The summed E-state index contributed by atoms with van der Waals surface area (Å²) < 4.78 is 1.53. The van der Waals surface area contributed by atoms with E-state index in [4.69, 9.17) is 0 Å². The van der Waals surface area contributed by atoms with Crippen LogP contribution in [0.25, 0.3) is 0 Å². The average molecular weight is 320 g/mol. The van der Waals surface area contributed by atoms with Crippen LogP contribution in [0, 0.1) is 5.92 Å². The SMILES string of the molecule is CNC(=O)[C@@H]1C[C@H]2CN(C(=O)c3ncn(C)n3)C[C@H]2N1C(C)C. The summed E-state index contributed by atoms with van der Waals surface area (Å²) in [6.07, 6.45) is 2.33. The molecule has 2 aliphatic rings. The number of fused-ring (bicyclic) bond motifs is 1. The number of aromatic nitrogens is 3. The average Bonchev–Trinajstić information content (AvgIpc) is 3.18. The highest BCUT2D eigenvalue weighted by Crippen LogP contribution is 2.37. The van der Waals surface area contributed by atoms with Crippen LogP contribution in [0.15, 0.2) is 6.33 Å². The number of aryl methyl sites for hydroxylation is 1. The maximum absolute atomic E-state index is 12.5. The third-order valence-electron chi connectivity index (χ3n) is 4.90. The number of hydrogen-bond acceptors (Lipinski definition) is 5. The first-order valence-corrected chi connectivity index (χ1v) is 8.06. The lowest BCUT2D eigenvalue weighted by Crippen LogP contribution is -2.50. The lowest BCUT2D eigenvalue weighted by atomic mass is 10.0. The number of rotatable bonds is 3. The number of carbonyl (C=O) groups is 2. The minimum absolute atomic E-state index is 0.0670. The summed E-state index contributed by atoms with van der Waals surface area (Å²) in [5, 5.41) is 6.86. The fraction of sp³-hybridized carbons (Fsp3) is 0.733. The topological polar surface area (TPSA) is 83.4 Å². The Morgan fingerprint density at radius 2 is 2.09 bits per heavy atom. The Balaban J connectivity index is 1.75. The molecule has 0 unspecified atom stereocenters. The second kappa shape index (κ2) is 5.92. The van der Waals surface area contributed by atoms with Gasteiger partial charge >= 0.3 is 0 Å². The zero-order chi connectivity index (χ0) is 16.7. The lowest BCUT2D eigenvalue weighted by molar-refractivity contribution is -0.126. The molecular formula is C15H24N6O2. The van der Waals surface area contributed by atoms with Gasteiger partial charge in [-0.1, -0.05) is 0 Å². The molecule has 3 atom stereocenters. The molecular weight excluding hydrogens is 296 g/mol. The van der Waals surface area contributed by atoms with Crippen molar-refractivity contribution in [1.29, 1.82) is 0 Å². The van der Waals surface area contributed by atoms with E-state index in [-0.39, 0.29) is 35.8 Å². The summed E-state index contributed by atoms with van der Waals surface area (Å²) in [5.74, 6) is 0.511. The first-order valence-electron chi connectivity index (χ1n) is 8.06. The predicted octanol–water partition coefficient (Wildman–Crippen LogP) is -0.516. The molecule has 1 aromatic rings. The number of likely N-dealkylation sites (tertiary alicyclic amines) is 2. The summed E-state index contributed by atoms with van der Waals surface area (Å²) in [7, 11) is 3.43. The van der Waals surface area contributed by atoms with Gasteiger partial charge in [0.05, 0.1) is 6.04 Å². The van der Waals surface area contributed by atoms with Crippen molar-refractivity contribution in [1.82, 2.24) is 29.9 Å². The number of carbonyl (C=O) groups excluding carboxylic acids is 2. The molecule has 23 heavy (non-hydrogen) atoms. The van der Waals surface area contributed by atoms with E-state index in [9.17, 15) is 9.59 Å². The maximum atomic E-state index is 12.5. The minimum Gasteiger partial charge on any atom is -0.358 e. The number of likely N-dealkylation sites (N-methyl/N-ethyl adjacent to an activating group) is 1. The Morgan fingerprint density at radius 1 is 1.35 bits per heavy atom. The van der Waals surface area contributed by atoms with Crippen molar-refractivity contribution >= 4 is 11.8 Å². The van der Waals surface area contributed by atoms with E-state index >= 15 is 0 Å². The van der Waals surface area contributed by atoms with E-state index in [1.807, 2.05) is 4.90 Å². The molecule has 2 saturated heterocycles. The van der Waals surface area contributed by atoms with Crippen molar-refractivity contribution in [2.45, 2.75) is 38.4 Å². The zero-order valence-corrected chi connectivity index (χ0v) is 14.1. The minimum atomic E-state index is -0.125. The Hall–Kier alpha value is -1.96. The van der Waals surface area contributed by atoms with Gasteiger partial charge in [0.1, 0.15) is 6.33 Å². The highest BCUT2D eigenvalue weighted by molar-refractivity contribution is 5.90. The van der Waals surface area contributed by atoms with Crippen molar-refractivity contribution in [3.05, 3.63) is 12.2 Å². The quantitative estimate of drug-likeness (QED) is 0.810. The van der Waals surface area contributed by atoms with Crippen LogP contribution in [-0.4, -0.2) is 74.6 Å². The molecule has 2 aliphatic heterocycles. The summed E-state index contributed by atoms with van der Waals surface area (Å²) in [6, 6.07) is 0.389. The second-order valence-electron chi connectivity index (χ2n) is 6.69. The van der Waals surface area contributed by atoms with E-state index in [0.717, 1.165) is 6.42 Å². The van der Waals surface area contributed by atoms with Crippen LogP contribution in [0.2, 0.25) is 0 Å². The summed E-state index contributed by atoms with van der Waals surface area (Å²) in [6.45, 7) is 5.50. The van der Waals surface area contributed by atoms with E-state index in [2.05, 4.69) is 34.1 Å². The molecule has 1 aromatic heterocycles. The van der Waals surface area contributed by atoms with Crippen LogP contribution in [-0.2, 0) is 11.8 Å². The molecule has 3 rings (SSSR count). The fourth-order valence-electron chi connectivity index (χ4n) is 3.96. The summed E-state index contributed by atoms with van der Waals surface area (Å²) in [4.78, 5) is 32.8. The molecule has 126 valence electrons. The third-order valence-corrected chi connectivity index (χ3v) is 4.90. The van der Waals surface area contributed by atoms with Crippen molar-refractivity contribution in [2.75, 3.05) is 20.1 Å². The standard InChI is InChI=1S/C15H24N6O2/c1-9(2)21-11(14(22)16-3)5-10-6-20(7-12(10)21)15(23)13-17-8-19(4)18-13/h8-12H,5-7H2,1-4H3,(H,16,22)/t10-,11-,12+/m0/s1. The Bertz CT molecular complexity index is 613. The van der Waals surface area contributed by atoms with Gasteiger partial charge in [-0.05, 0) is 26.2 Å². The molecule has 0 spiro atoms. The second-order valence-corrected chi connectivity index (χ2v) is 6.69. The van der Waals surface area contributed by atoms with E-state index in [1.165, 1.54) is 11.0 Å². The monoisotopic (exact) mass is 320 g/mol. The zero-order valence-electron chi connectivity index (χ0n) is 14.1. The van der Waals surface area contributed by atoms with Crippen molar-refractivity contribution < 1.29 is 9.59 Å². The number of hydrogen-bond donors (Lipinski definition) is 1. The van der Waals surface area contributed by atoms with Gasteiger partial charge in [0, 0.05) is 39.3 Å². The Labute approximate surface area is 135 Å². The molecule has 0 radical (unpaired) electrons. The lowest BCUT2D eigenvalue weighted by Gasteiger charge is -2.32. The maximum Gasteiger partial charge on any atom is 0.293 e. The van der Waals surface area contributed by atoms with Crippen molar-refractivity contribution in [3.63, 3.8) is 0 Å². The normalized spacial score (nSPS) is 27.5. The van der Waals surface area contributed by atoms with Crippen LogP contribution in [0.1, 0.15) is 30.9 Å². The summed E-state index contributed by atoms with van der Waals surface area (Å²) in [5.41, 5.74) is 0. The molecule has 2 amide bonds. The van der Waals surface area contributed by atoms with Crippen molar-refractivity contribution in [3.8, 4) is 0 Å². The Kier molecular flexibility index (Phi) is 4.09. The van der Waals surface area contributed by atoms with Gasteiger partial charge in [-0.3, -0.25) is 19.2 Å². The largest absolute Gasteiger partial charge is 0.358 e. The van der Waals surface area contributed by atoms with E-state index in [0.29, 0.717) is 19.0 Å². The van der Waals surface area contributed by atoms with Crippen LogP contribution in [0.4, 0.5) is 0 Å². The van der Waals surface area contributed by atoms with Crippen LogP contribution >= 0.6 is 0 Å². The molecule has 8 heteroatoms. The number of nitrogens with one attached hydrogen (secondary N) is 1. The first kappa shape index (κ1) is 15.9. The van der Waals surface area contributed by atoms with Crippen molar-refractivity contribution in [2.24, 2.45) is 13.0 Å². The van der Waals surface area contributed by atoms with Gasteiger partial charge in [-0.25, -0.2) is 4.98 Å². The highest BCUT2D eigenvalue weighted by atomic mass is 16.2. The molecule has 0 aromatic carbocycles. The van der Waals surface area contributed by atoms with E-state index in [1.54, 1.807) is 14.1 Å². The summed E-state index contributed by atoms with van der Waals surface area (Å²) >= 11 is 0. The van der Waals surface area contributed by atoms with Crippen LogP contribution in [0.3, 0.4) is 0 Å². The molecule has 2 fully saturated rings. The first-order chi connectivity index (χ1) is 10.9. The molecule has 3 heterocycles. The molecule has 0 bridgehead atoms. The van der Waals surface area contributed by atoms with Crippen LogP contribution in [0.5, 0.6) is 0 Å². The van der Waals surface area contributed by atoms with Gasteiger partial charge in [0.15, 0.2) is 0 Å².